The fraction of sp³-hybridized carbons (Fsp3) is 0.136. The van der Waals surface area contributed by atoms with Gasteiger partial charge in [0.05, 0.1) is 28.5 Å². The van der Waals surface area contributed by atoms with Gasteiger partial charge in [0.2, 0.25) is 0 Å². The van der Waals surface area contributed by atoms with Crippen molar-refractivity contribution in [2.75, 3.05) is 12.0 Å². The summed E-state index contributed by atoms with van der Waals surface area (Å²) < 4.78 is 12.6. The van der Waals surface area contributed by atoms with E-state index in [0.717, 1.165) is 10.0 Å². The molecule has 160 valence electrons. The molecule has 0 bridgehead atoms. The van der Waals surface area contributed by atoms with Crippen LogP contribution in [0.4, 0.5) is 11.4 Å². The summed E-state index contributed by atoms with van der Waals surface area (Å²) in [6.45, 7) is 2.68. The number of benzene rings is 3. The van der Waals surface area contributed by atoms with E-state index >= 15 is 0 Å². The minimum atomic E-state index is -0.454. The summed E-state index contributed by atoms with van der Waals surface area (Å²) >= 11 is 9.86. The normalized spacial score (nSPS) is 10.8. The topological polar surface area (TPSA) is 86.0 Å². The molecule has 0 unspecified atom stereocenters. The number of anilines is 1. The van der Waals surface area contributed by atoms with Crippen LogP contribution < -0.4 is 14.9 Å². The Kier molecular flexibility index (Phi) is 7.86. The number of nitrogens with one attached hydrogen (secondary N) is 1. The lowest BCUT2D eigenvalue weighted by atomic mass is 10.2. The molecule has 0 radical (unpaired) electrons. The molecule has 0 aromatic heterocycles. The monoisotopic (exact) mass is 503 g/mol. The lowest BCUT2D eigenvalue weighted by Crippen LogP contribution is -2.01. The van der Waals surface area contributed by atoms with Crippen molar-refractivity contribution in [3.8, 4) is 11.5 Å². The lowest BCUT2D eigenvalue weighted by Gasteiger charge is -2.14. The summed E-state index contributed by atoms with van der Waals surface area (Å²) in [6, 6.07) is 17.3. The highest BCUT2D eigenvalue weighted by Gasteiger charge is 2.13. The number of nitro benzene ring substituents is 1. The molecule has 7 nitrogen and oxygen atoms in total. The van der Waals surface area contributed by atoms with Crippen LogP contribution in [0.2, 0.25) is 5.02 Å². The quantitative estimate of drug-likeness (QED) is 0.206. The average molecular weight is 505 g/mol. The summed E-state index contributed by atoms with van der Waals surface area (Å²) in [5, 5.41) is 15.3. The Morgan fingerprint density at radius 2 is 1.84 bits per heavy atom. The summed E-state index contributed by atoms with van der Waals surface area (Å²) in [5.41, 5.74) is 5.16. The zero-order valence-electron chi connectivity index (χ0n) is 16.5. The second-order valence-corrected chi connectivity index (χ2v) is 7.68. The highest BCUT2D eigenvalue weighted by atomic mass is 79.9. The fourth-order valence-electron chi connectivity index (χ4n) is 2.64. The minimum Gasteiger partial charge on any atom is -0.490 e. The minimum absolute atomic E-state index is 0.0152. The molecule has 9 heteroatoms. The van der Waals surface area contributed by atoms with Crippen LogP contribution in [0.5, 0.6) is 11.5 Å². The van der Waals surface area contributed by atoms with Crippen molar-refractivity contribution in [3.05, 3.63) is 91.4 Å². The number of nitro groups is 1. The maximum atomic E-state index is 10.7. The Bertz CT molecular complexity index is 1070. The molecule has 0 amide bonds. The van der Waals surface area contributed by atoms with Crippen molar-refractivity contribution in [1.82, 2.24) is 0 Å². The highest BCUT2D eigenvalue weighted by Crippen LogP contribution is 2.37. The van der Waals surface area contributed by atoms with Gasteiger partial charge in [-0.15, -0.1) is 0 Å². The summed E-state index contributed by atoms with van der Waals surface area (Å²) in [4.78, 5) is 10.3. The van der Waals surface area contributed by atoms with E-state index in [1.165, 1.54) is 12.1 Å². The Balaban J connectivity index is 1.71. The molecule has 1 N–H and O–H groups in total. The maximum absolute atomic E-state index is 10.7. The van der Waals surface area contributed by atoms with Crippen LogP contribution in [0.25, 0.3) is 0 Å². The van der Waals surface area contributed by atoms with Gasteiger partial charge in [-0.1, -0.05) is 39.7 Å². The van der Waals surface area contributed by atoms with Gasteiger partial charge in [0.25, 0.3) is 5.69 Å². The molecule has 0 aliphatic carbocycles. The fourth-order valence-corrected chi connectivity index (χ4v) is 3.18. The van der Waals surface area contributed by atoms with Gasteiger partial charge < -0.3 is 9.47 Å². The van der Waals surface area contributed by atoms with E-state index in [1.54, 1.807) is 30.5 Å². The molecule has 0 fully saturated rings. The Morgan fingerprint density at radius 3 is 2.48 bits per heavy atom. The molecule has 0 saturated heterocycles. The van der Waals surface area contributed by atoms with Crippen molar-refractivity contribution in [2.45, 2.75) is 13.5 Å². The predicted octanol–water partition coefficient (Wildman–Crippen LogP) is 6.43. The summed E-state index contributed by atoms with van der Waals surface area (Å²) in [6.07, 6.45) is 1.58. The van der Waals surface area contributed by atoms with Crippen LogP contribution >= 0.6 is 27.5 Å². The Labute approximate surface area is 192 Å². The van der Waals surface area contributed by atoms with Crippen molar-refractivity contribution < 1.29 is 14.4 Å². The first kappa shape index (κ1) is 22.6. The molecule has 3 rings (SSSR count). The van der Waals surface area contributed by atoms with Crippen molar-refractivity contribution in [1.29, 1.82) is 0 Å². The number of non-ortho nitro benzene ring substituents is 1. The molecule has 0 aliphatic heterocycles. The molecular weight excluding hydrogens is 486 g/mol. The molecular formula is C22H19BrClN3O4. The smallest absolute Gasteiger partial charge is 0.269 e. The number of hydrogen-bond acceptors (Lipinski definition) is 6. The number of rotatable bonds is 9. The number of hydrogen-bond donors (Lipinski definition) is 1. The third kappa shape index (κ3) is 6.44. The lowest BCUT2D eigenvalue weighted by molar-refractivity contribution is -0.384. The van der Waals surface area contributed by atoms with Gasteiger partial charge in [-0.3, -0.25) is 15.5 Å². The van der Waals surface area contributed by atoms with E-state index < -0.39 is 4.92 Å². The zero-order valence-corrected chi connectivity index (χ0v) is 18.9. The van der Waals surface area contributed by atoms with E-state index in [0.29, 0.717) is 41.0 Å². The Morgan fingerprint density at radius 1 is 1.13 bits per heavy atom. The first-order valence-corrected chi connectivity index (χ1v) is 10.5. The van der Waals surface area contributed by atoms with Crippen LogP contribution in [0, 0.1) is 10.1 Å². The molecule has 3 aromatic rings. The molecule has 0 atom stereocenters. The molecule has 0 heterocycles. The second-order valence-electron chi connectivity index (χ2n) is 6.35. The standard InChI is InChI=1S/C22H19BrClN3O4/c1-2-30-21-12-16(13-25-26-18-7-9-19(10-8-18)27(28)29)11-20(24)22(21)31-14-15-3-5-17(23)6-4-15/h3-13,26H,2,14H2,1H3/b25-13+. The van der Waals surface area contributed by atoms with Crippen LogP contribution in [-0.2, 0) is 6.61 Å². The molecule has 3 aromatic carbocycles. The number of hydrazone groups is 1. The third-order valence-electron chi connectivity index (χ3n) is 4.11. The van der Waals surface area contributed by atoms with E-state index in [2.05, 4.69) is 26.5 Å². The van der Waals surface area contributed by atoms with Crippen LogP contribution in [0.3, 0.4) is 0 Å². The second kappa shape index (κ2) is 10.8. The Hall–Kier alpha value is -3.10. The van der Waals surface area contributed by atoms with E-state index in [-0.39, 0.29) is 5.69 Å². The van der Waals surface area contributed by atoms with Gasteiger partial charge in [0.1, 0.15) is 6.61 Å². The molecule has 0 aliphatic rings. The third-order valence-corrected chi connectivity index (χ3v) is 4.92. The maximum Gasteiger partial charge on any atom is 0.269 e. The van der Waals surface area contributed by atoms with Gasteiger partial charge in [-0.05, 0) is 54.4 Å². The molecule has 0 saturated carbocycles. The number of halogens is 2. The van der Waals surface area contributed by atoms with Crippen molar-refractivity contribution in [2.24, 2.45) is 5.10 Å². The zero-order chi connectivity index (χ0) is 22.2. The largest absolute Gasteiger partial charge is 0.490 e. The first-order chi connectivity index (χ1) is 15.0. The predicted molar refractivity (Wildman–Crippen MR) is 125 cm³/mol. The van der Waals surface area contributed by atoms with E-state index in [4.69, 9.17) is 21.1 Å². The molecule has 31 heavy (non-hydrogen) atoms. The van der Waals surface area contributed by atoms with Crippen LogP contribution in [0.1, 0.15) is 18.1 Å². The van der Waals surface area contributed by atoms with E-state index in [9.17, 15) is 10.1 Å². The van der Waals surface area contributed by atoms with Crippen LogP contribution in [0.15, 0.2) is 70.2 Å². The van der Waals surface area contributed by atoms with Crippen molar-refractivity contribution in [3.63, 3.8) is 0 Å². The van der Waals surface area contributed by atoms with Gasteiger partial charge in [-0.25, -0.2) is 0 Å². The summed E-state index contributed by atoms with van der Waals surface area (Å²) in [5.74, 6) is 0.982. The number of nitrogens with zero attached hydrogens (tertiary/aromatic N) is 2. The SMILES string of the molecule is CCOc1cc(/C=N/Nc2ccc([N+](=O)[O-])cc2)cc(Cl)c1OCc1ccc(Br)cc1. The van der Waals surface area contributed by atoms with Gasteiger partial charge in [0, 0.05) is 16.6 Å². The molecule has 0 spiro atoms. The van der Waals surface area contributed by atoms with Gasteiger partial charge in [-0.2, -0.15) is 5.10 Å². The summed E-state index contributed by atoms with van der Waals surface area (Å²) in [7, 11) is 0. The average Bonchev–Trinajstić information content (AvgIpc) is 2.75. The van der Waals surface area contributed by atoms with Crippen LogP contribution in [-0.4, -0.2) is 17.7 Å². The van der Waals surface area contributed by atoms with Gasteiger partial charge in [0.15, 0.2) is 11.5 Å². The van der Waals surface area contributed by atoms with E-state index in [1.807, 2.05) is 31.2 Å². The highest BCUT2D eigenvalue weighted by molar-refractivity contribution is 9.10. The number of ether oxygens (including phenoxy) is 2. The van der Waals surface area contributed by atoms with Crippen molar-refractivity contribution >= 4 is 45.1 Å². The first-order valence-electron chi connectivity index (χ1n) is 9.33. The van der Waals surface area contributed by atoms with Gasteiger partial charge >= 0.3 is 0 Å².